The van der Waals surface area contributed by atoms with Gasteiger partial charge in [0.2, 0.25) is 5.78 Å². The minimum atomic E-state index is -0.859. The first-order valence-corrected chi connectivity index (χ1v) is 6.60. The first-order chi connectivity index (χ1) is 10.0. The molecule has 0 aliphatic rings. The highest BCUT2D eigenvalue weighted by Crippen LogP contribution is 2.20. The van der Waals surface area contributed by atoms with Crippen LogP contribution in [-0.4, -0.2) is 18.2 Å². The number of hydrogen-bond donors (Lipinski definition) is 0. The summed E-state index contributed by atoms with van der Waals surface area (Å²) < 4.78 is 19.0. The maximum atomic E-state index is 13.7. The van der Waals surface area contributed by atoms with Crippen molar-refractivity contribution in [2.24, 2.45) is 0 Å². The van der Waals surface area contributed by atoms with Gasteiger partial charge in [-0.25, -0.2) is 4.39 Å². The number of benzene rings is 2. The monoisotopic (exact) mass is 306 g/mol. The number of Topliss-reactive ketones (excluding diaryl/α,β-unsaturated/α-hetero) is 1. The minimum Gasteiger partial charge on any atom is -0.479 e. The molecule has 0 aliphatic heterocycles. The van der Waals surface area contributed by atoms with Crippen molar-refractivity contribution in [2.45, 2.75) is 13.0 Å². The number of aldehydes is 1. The van der Waals surface area contributed by atoms with Gasteiger partial charge in [-0.1, -0.05) is 11.6 Å². The third kappa shape index (κ3) is 3.67. The quantitative estimate of drug-likeness (QED) is 0.620. The van der Waals surface area contributed by atoms with Crippen molar-refractivity contribution in [3.63, 3.8) is 0 Å². The van der Waals surface area contributed by atoms with E-state index in [1.807, 2.05) is 0 Å². The van der Waals surface area contributed by atoms with Crippen LogP contribution in [0.25, 0.3) is 0 Å². The largest absolute Gasteiger partial charge is 0.479 e. The van der Waals surface area contributed by atoms with Crippen molar-refractivity contribution < 1.29 is 18.7 Å². The van der Waals surface area contributed by atoms with Crippen molar-refractivity contribution in [2.75, 3.05) is 0 Å². The van der Waals surface area contributed by atoms with Crippen LogP contribution in [0.4, 0.5) is 4.39 Å². The average molecular weight is 307 g/mol. The molecule has 0 spiro atoms. The fourth-order valence-electron chi connectivity index (χ4n) is 1.78. The van der Waals surface area contributed by atoms with Gasteiger partial charge in [-0.3, -0.25) is 9.59 Å². The molecule has 0 heterocycles. The van der Waals surface area contributed by atoms with E-state index in [1.54, 1.807) is 24.3 Å². The molecule has 108 valence electrons. The summed E-state index contributed by atoms with van der Waals surface area (Å²) in [5.41, 5.74) is 0.633. The number of halogens is 2. The molecule has 0 saturated carbocycles. The van der Waals surface area contributed by atoms with Crippen LogP contribution in [0.3, 0.4) is 0 Å². The highest BCUT2D eigenvalue weighted by atomic mass is 35.5. The molecule has 0 aliphatic carbocycles. The molecule has 0 fully saturated rings. The molecule has 0 saturated heterocycles. The molecule has 0 radical (unpaired) electrons. The Balaban J connectivity index is 2.13. The molecule has 2 rings (SSSR count). The lowest BCUT2D eigenvalue weighted by Gasteiger charge is -2.14. The molecule has 1 unspecified atom stereocenters. The smallest absolute Gasteiger partial charge is 0.202 e. The SMILES string of the molecule is CC(Oc1ccc(C=O)cc1F)C(=O)c1ccc(Cl)cc1. The Morgan fingerprint density at radius 3 is 2.48 bits per heavy atom. The van der Waals surface area contributed by atoms with Crippen molar-refractivity contribution in [1.29, 1.82) is 0 Å². The second kappa shape index (κ2) is 6.50. The summed E-state index contributed by atoms with van der Waals surface area (Å²) in [5.74, 6) is -1.05. The minimum absolute atomic E-state index is 0.0737. The van der Waals surface area contributed by atoms with Gasteiger partial charge < -0.3 is 4.74 Å². The highest BCUT2D eigenvalue weighted by molar-refractivity contribution is 6.30. The van der Waals surface area contributed by atoms with E-state index in [-0.39, 0.29) is 17.1 Å². The molecule has 21 heavy (non-hydrogen) atoms. The molecule has 5 heteroatoms. The Bertz CT molecular complexity index is 668. The van der Waals surface area contributed by atoms with Crippen LogP contribution >= 0.6 is 11.6 Å². The van der Waals surface area contributed by atoms with Gasteiger partial charge in [-0.05, 0) is 49.4 Å². The molecule has 0 amide bonds. The summed E-state index contributed by atoms with van der Waals surface area (Å²) in [7, 11) is 0. The number of ether oxygens (including phenoxy) is 1. The normalized spacial score (nSPS) is 11.8. The predicted octanol–water partition coefficient (Wildman–Crippen LogP) is 3.94. The van der Waals surface area contributed by atoms with Crippen LogP contribution in [0.5, 0.6) is 5.75 Å². The fraction of sp³-hybridized carbons (Fsp3) is 0.125. The lowest BCUT2D eigenvalue weighted by atomic mass is 10.1. The Labute approximate surface area is 126 Å². The molecule has 2 aromatic carbocycles. The molecule has 2 aromatic rings. The standard InChI is InChI=1S/C16H12ClFO3/c1-10(16(20)12-3-5-13(17)6-4-12)21-15-7-2-11(9-19)8-14(15)18/h2-10H,1H3. The first-order valence-electron chi connectivity index (χ1n) is 6.22. The van der Waals surface area contributed by atoms with Gasteiger partial charge in [0.1, 0.15) is 6.29 Å². The Morgan fingerprint density at radius 2 is 1.90 bits per heavy atom. The van der Waals surface area contributed by atoms with Crippen LogP contribution in [-0.2, 0) is 0 Å². The third-order valence-electron chi connectivity index (χ3n) is 2.89. The summed E-state index contributed by atoms with van der Waals surface area (Å²) in [4.78, 5) is 22.7. The number of carbonyl (C=O) groups excluding carboxylic acids is 2. The van der Waals surface area contributed by atoms with Crippen LogP contribution < -0.4 is 4.74 Å². The second-order valence-corrected chi connectivity index (χ2v) is 4.88. The van der Waals surface area contributed by atoms with Gasteiger partial charge in [0.05, 0.1) is 0 Å². The van der Waals surface area contributed by atoms with Gasteiger partial charge in [0.25, 0.3) is 0 Å². The number of ketones is 1. The summed E-state index contributed by atoms with van der Waals surface area (Å²) in [6, 6.07) is 10.2. The summed E-state index contributed by atoms with van der Waals surface area (Å²) in [6.45, 7) is 1.53. The Morgan fingerprint density at radius 1 is 1.24 bits per heavy atom. The van der Waals surface area contributed by atoms with Crippen molar-refractivity contribution in [1.82, 2.24) is 0 Å². The molecular weight excluding hydrogens is 295 g/mol. The summed E-state index contributed by atoms with van der Waals surface area (Å²) in [5, 5.41) is 0.524. The number of hydrogen-bond acceptors (Lipinski definition) is 3. The molecule has 1 atom stereocenters. The van der Waals surface area contributed by atoms with E-state index in [0.717, 1.165) is 6.07 Å². The van der Waals surface area contributed by atoms with E-state index < -0.39 is 11.9 Å². The van der Waals surface area contributed by atoms with E-state index in [0.29, 0.717) is 16.9 Å². The number of rotatable bonds is 5. The Kier molecular flexibility index (Phi) is 4.70. The molecule has 0 bridgehead atoms. The van der Waals surface area contributed by atoms with Crippen molar-refractivity contribution >= 4 is 23.7 Å². The topological polar surface area (TPSA) is 43.4 Å². The van der Waals surface area contributed by atoms with Crippen molar-refractivity contribution in [3.8, 4) is 5.75 Å². The van der Waals surface area contributed by atoms with E-state index in [2.05, 4.69) is 0 Å². The maximum absolute atomic E-state index is 13.7. The third-order valence-corrected chi connectivity index (χ3v) is 3.15. The van der Waals surface area contributed by atoms with Crippen LogP contribution in [0.2, 0.25) is 5.02 Å². The van der Waals surface area contributed by atoms with Gasteiger partial charge >= 0.3 is 0 Å². The number of carbonyl (C=O) groups is 2. The zero-order chi connectivity index (χ0) is 15.4. The van der Waals surface area contributed by atoms with Gasteiger partial charge in [-0.2, -0.15) is 0 Å². The van der Waals surface area contributed by atoms with E-state index in [1.165, 1.54) is 19.1 Å². The lowest BCUT2D eigenvalue weighted by Crippen LogP contribution is -2.24. The van der Waals surface area contributed by atoms with E-state index >= 15 is 0 Å². The van der Waals surface area contributed by atoms with E-state index in [4.69, 9.17) is 16.3 Å². The summed E-state index contributed by atoms with van der Waals surface area (Å²) in [6.07, 6.45) is -0.322. The van der Waals surface area contributed by atoms with Gasteiger partial charge in [0, 0.05) is 16.1 Å². The second-order valence-electron chi connectivity index (χ2n) is 4.44. The average Bonchev–Trinajstić information content (AvgIpc) is 2.49. The zero-order valence-electron chi connectivity index (χ0n) is 11.2. The van der Waals surface area contributed by atoms with Crippen molar-refractivity contribution in [3.05, 3.63) is 64.4 Å². The summed E-state index contributed by atoms with van der Waals surface area (Å²) >= 11 is 5.75. The highest BCUT2D eigenvalue weighted by Gasteiger charge is 2.18. The van der Waals surface area contributed by atoms with Crippen LogP contribution in [0.1, 0.15) is 27.6 Å². The predicted molar refractivity (Wildman–Crippen MR) is 77.7 cm³/mol. The first kappa shape index (κ1) is 15.2. The Hall–Kier alpha value is -2.20. The molecule has 3 nitrogen and oxygen atoms in total. The van der Waals surface area contributed by atoms with E-state index in [9.17, 15) is 14.0 Å². The molecule has 0 N–H and O–H groups in total. The van der Waals surface area contributed by atoms with Gasteiger partial charge in [-0.15, -0.1) is 0 Å². The van der Waals surface area contributed by atoms with Gasteiger partial charge in [0.15, 0.2) is 17.7 Å². The maximum Gasteiger partial charge on any atom is 0.202 e. The molecular formula is C16H12ClFO3. The van der Waals surface area contributed by atoms with Crippen LogP contribution in [0.15, 0.2) is 42.5 Å². The van der Waals surface area contributed by atoms with Crippen LogP contribution in [0, 0.1) is 5.82 Å². The fourth-order valence-corrected chi connectivity index (χ4v) is 1.90. The lowest BCUT2D eigenvalue weighted by molar-refractivity contribution is 0.0812. The molecule has 0 aromatic heterocycles. The zero-order valence-corrected chi connectivity index (χ0v) is 11.9.